The van der Waals surface area contributed by atoms with E-state index in [-0.39, 0.29) is 11.4 Å². The highest BCUT2D eigenvalue weighted by molar-refractivity contribution is 9.10. The number of terminal acetylenes is 1. The van der Waals surface area contributed by atoms with Crippen LogP contribution in [0.3, 0.4) is 0 Å². The van der Waals surface area contributed by atoms with E-state index in [1.54, 1.807) is 12.1 Å². The highest BCUT2D eigenvalue weighted by Gasteiger charge is 2.23. The molecule has 19 heavy (non-hydrogen) atoms. The van der Waals surface area contributed by atoms with Gasteiger partial charge in [0.2, 0.25) is 10.0 Å². The summed E-state index contributed by atoms with van der Waals surface area (Å²) in [6, 6.07) is 5.28. The van der Waals surface area contributed by atoms with Crippen molar-refractivity contribution in [2.75, 3.05) is 20.1 Å². The molecule has 0 atom stereocenters. The van der Waals surface area contributed by atoms with Gasteiger partial charge in [-0.05, 0) is 40.2 Å². The zero-order valence-electron chi connectivity index (χ0n) is 11.0. The minimum absolute atomic E-state index is 0.0478. The normalized spacial score (nSPS) is 11.5. The van der Waals surface area contributed by atoms with Crippen molar-refractivity contribution < 1.29 is 8.42 Å². The van der Waals surface area contributed by atoms with Crippen molar-refractivity contribution in [3.8, 4) is 12.3 Å². The lowest BCUT2D eigenvalue weighted by Crippen LogP contribution is -2.27. The van der Waals surface area contributed by atoms with Crippen LogP contribution < -0.4 is 5.32 Å². The van der Waals surface area contributed by atoms with Crippen molar-refractivity contribution in [2.45, 2.75) is 18.4 Å². The van der Waals surface area contributed by atoms with Gasteiger partial charge in [0.1, 0.15) is 0 Å². The Morgan fingerprint density at radius 1 is 1.47 bits per heavy atom. The van der Waals surface area contributed by atoms with Gasteiger partial charge in [0.15, 0.2) is 0 Å². The summed E-state index contributed by atoms with van der Waals surface area (Å²) in [5, 5.41) is 3.16. The van der Waals surface area contributed by atoms with Gasteiger partial charge in [0, 0.05) is 18.1 Å². The fourth-order valence-corrected chi connectivity index (χ4v) is 3.56. The molecule has 0 aromatic heterocycles. The molecule has 0 fully saturated rings. The molecule has 1 N–H and O–H groups in total. The molecule has 1 aromatic carbocycles. The lowest BCUT2D eigenvalue weighted by atomic mass is 10.2. The number of hydrogen-bond donors (Lipinski definition) is 1. The first kappa shape index (κ1) is 16.2. The minimum Gasteiger partial charge on any atom is -0.313 e. The Morgan fingerprint density at radius 3 is 2.74 bits per heavy atom. The molecule has 0 saturated heterocycles. The van der Waals surface area contributed by atoms with Crippen molar-refractivity contribution >= 4 is 26.0 Å². The molecule has 4 nitrogen and oxygen atoms in total. The highest BCUT2D eigenvalue weighted by atomic mass is 79.9. The predicted octanol–water partition coefficient (Wildman–Crippen LogP) is 1.81. The van der Waals surface area contributed by atoms with Crippen molar-refractivity contribution in [1.29, 1.82) is 0 Å². The number of nitrogens with one attached hydrogen (secondary N) is 1. The summed E-state index contributed by atoms with van der Waals surface area (Å²) in [6.07, 6.45) is 5.16. The summed E-state index contributed by atoms with van der Waals surface area (Å²) in [5.74, 6) is 2.33. The number of hydrogen-bond acceptors (Lipinski definition) is 3. The van der Waals surface area contributed by atoms with Crippen LogP contribution in [0.1, 0.15) is 12.5 Å². The van der Waals surface area contributed by atoms with Gasteiger partial charge in [0.05, 0.1) is 11.4 Å². The Hall–Kier alpha value is -0.870. The van der Waals surface area contributed by atoms with E-state index in [1.165, 1.54) is 7.05 Å². The molecule has 0 saturated carbocycles. The summed E-state index contributed by atoms with van der Waals surface area (Å²) >= 11 is 3.28. The molecular formula is C13H17BrN2O2S. The number of benzene rings is 1. The second kappa shape index (κ2) is 7.06. The monoisotopic (exact) mass is 344 g/mol. The topological polar surface area (TPSA) is 49.4 Å². The smallest absolute Gasteiger partial charge is 0.244 e. The van der Waals surface area contributed by atoms with Gasteiger partial charge in [-0.25, -0.2) is 8.42 Å². The Bertz CT molecular complexity index is 579. The van der Waals surface area contributed by atoms with Gasteiger partial charge in [-0.15, -0.1) is 6.42 Å². The summed E-state index contributed by atoms with van der Waals surface area (Å²) in [7, 11) is -2.09. The second-order valence-corrected chi connectivity index (χ2v) is 6.88. The number of nitrogens with zero attached hydrogens (tertiary/aromatic N) is 1. The largest absolute Gasteiger partial charge is 0.313 e. The van der Waals surface area contributed by atoms with Crippen molar-refractivity contribution in [2.24, 2.45) is 0 Å². The summed E-state index contributed by atoms with van der Waals surface area (Å²) in [5.41, 5.74) is 0.915. The molecule has 0 spiro atoms. The van der Waals surface area contributed by atoms with Gasteiger partial charge in [-0.2, -0.15) is 4.31 Å². The molecule has 0 unspecified atom stereocenters. The second-order valence-electron chi connectivity index (χ2n) is 4.01. The van der Waals surface area contributed by atoms with E-state index in [9.17, 15) is 8.42 Å². The third kappa shape index (κ3) is 4.05. The Balaban J connectivity index is 3.15. The van der Waals surface area contributed by atoms with E-state index < -0.39 is 10.0 Å². The third-order valence-electron chi connectivity index (χ3n) is 2.58. The fraction of sp³-hybridized carbons (Fsp3) is 0.385. The maximum Gasteiger partial charge on any atom is 0.244 e. The zero-order valence-corrected chi connectivity index (χ0v) is 13.4. The first-order chi connectivity index (χ1) is 8.93. The van der Waals surface area contributed by atoms with Gasteiger partial charge >= 0.3 is 0 Å². The zero-order chi connectivity index (χ0) is 14.5. The minimum atomic E-state index is -3.56. The SMILES string of the molecule is C#CCN(C)S(=O)(=O)c1cc(CNCC)ccc1Br. The highest BCUT2D eigenvalue weighted by Crippen LogP contribution is 2.25. The first-order valence-corrected chi connectivity index (χ1v) is 8.05. The number of sulfonamides is 1. The molecule has 0 aliphatic carbocycles. The quantitative estimate of drug-likeness (QED) is 0.800. The molecule has 0 amide bonds. The van der Waals surface area contributed by atoms with Gasteiger partial charge in [-0.1, -0.05) is 18.9 Å². The molecule has 0 aliphatic heterocycles. The number of halogens is 1. The van der Waals surface area contributed by atoms with Crippen LogP contribution in [0.2, 0.25) is 0 Å². The van der Waals surface area contributed by atoms with Gasteiger partial charge in [-0.3, -0.25) is 0 Å². The fourth-order valence-electron chi connectivity index (χ4n) is 1.51. The van der Waals surface area contributed by atoms with Gasteiger partial charge in [0.25, 0.3) is 0 Å². The first-order valence-electron chi connectivity index (χ1n) is 5.82. The van der Waals surface area contributed by atoms with E-state index in [0.29, 0.717) is 11.0 Å². The Labute approximate surface area is 123 Å². The number of rotatable bonds is 6. The summed E-state index contributed by atoms with van der Waals surface area (Å²) in [4.78, 5) is 0.237. The Kier molecular flexibility index (Phi) is 6.01. The lowest BCUT2D eigenvalue weighted by molar-refractivity contribution is 0.502. The van der Waals surface area contributed by atoms with Crippen LogP contribution in [0.25, 0.3) is 0 Å². The third-order valence-corrected chi connectivity index (χ3v) is 5.37. The van der Waals surface area contributed by atoms with E-state index in [2.05, 4.69) is 27.2 Å². The molecule has 6 heteroatoms. The van der Waals surface area contributed by atoms with Crippen molar-refractivity contribution in [3.05, 3.63) is 28.2 Å². The average Bonchev–Trinajstić information content (AvgIpc) is 2.37. The Morgan fingerprint density at radius 2 is 2.16 bits per heavy atom. The van der Waals surface area contributed by atoms with Gasteiger partial charge < -0.3 is 5.32 Å². The molecule has 1 aromatic rings. The summed E-state index contributed by atoms with van der Waals surface area (Å²) < 4.78 is 26.4. The molecule has 0 bridgehead atoms. The van der Waals surface area contributed by atoms with Crippen LogP contribution in [0.4, 0.5) is 0 Å². The molecule has 0 heterocycles. The van der Waals surface area contributed by atoms with Crippen LogP contribution in [0.15, 0.2) is 27.6 Å². The molecule has 0 radical (unpaired) electrons. The summed E-state index contributed by atoms with van der Waals surface area (Å²) in [6.45, 7) is 3.50. The standard InChI is InChI=1S/C13H17BrN2O2S/c1-4-8-16(3)19(17,18)13-9-11(10-15-5-2)6-7-12(13)14/h1,6-7,9,15H,5,8,10H2,2-3H3. The van der Waals surface area contributed by atoms with E-state index in [4.69, 9.17) is 6.42 Å². The molecule has 0 aliphatic rings. The van der Waals surface area contributed by atoms with E-state index in [0.717, 1.165) is 16.4 Å². The van der Waals surface area contributed by atoms with E-state index >= 15 is 0 Å². The molecule has 104 valence electrons. The predicted molar refractivity (Wildman–Crippen MR) is 80.2 cm³/mol. The van der Waals surface area contributed by atoms with Crippen LogP contribution in [-0.2, 0) is 16.6 Å². The lowest BCUT2D eigenvalue weighted by Gasteiger charge is -2.16. The average molecular weight is 345 g/mol. The van der Waals surface area contributed by atoms with Crippen LogP contribution >= 0.6 is 15.9 Å². The maximum absolute atomic E-state index is 12.3. The van der Waals surface area contributed by atoms with Crippen LogP contribution in [-0.4, -0.2) is 32.9 Å². The van der Waals surface area contributed by atoms with Crippen LogP contribution in [0.5, 0.6) is 0 Å². The van der Waals surface area contributed by atoms with E-state index in [1.807, 2.05) is 13.0 Å². The van der Waals surface area contributed by atoms with Crippen molar-refractivity contribution in [1.82, 2.24) is 9.62 Å². The van der Waals surface area contributed by atoms with Crippen LogP contribution in [0, 0.1) is 12.3 Å². The maximum atomic E-state index is 12.3. The van der Waals surface area contributed by atoms with Crippen molar-refractivity contribution in [3.63, 3.8) is 0 Å². The molecule has 1 rings (SSSR count). The molecular weight excluding hydrogens is 328 g/mol.